The Morgan fingerprint density at radius 1 is 1.18 bits per heavy atom. The molecule has 1 aromatic carbocycles. The predicted molar refractivity (Wildman–Crippen MR) is 80.9 cm³/mol. The zero-order valence-corrected chi connectivity index (χ0v) is 13.0. The van der Waals surface area contributed by atoms with E-state index in [0.717, 1.165) is 12.3 Å². The lowest BCUT2D eigenvalue weighted by Crippen LogP contribution is -2.17. The standard InChI is InChI=1S/C16H25Br/c1-4-6-10-14(5-2)16(17)12-15-11-8-7-9-13(15)3/h7-9,11,14,16H,4-6,10,12H2,1-3H3. The molecular formula is C16H25Br. The maximum Gasteiger partial charge on any atom is 0.0214 e. The van der Waals surface area contributed by atoms with Gasteiger partial charge in [-0.25, -0.2) is 0 Å². The fourth-order valence-corrected chi connectivity index (χ4v) is 3.31. The molecule has 96 valence electrons. The van der Waals surface area contributed by atoms with E-state index in [4.69, 9.17) is 0 Å². The molecule has 1 heteroatoms. The summed E-state index contributed by atoms with van der Waals surface area (Å²) in [5.41, 5.74) is 2.91. The Hall–Kier alpha value is -0.300. The molecule has 1 aromatic rings. The summed E-state index contributed by atoms with van der Waals surface area (Å²) in [6.07, 6.45) is 6.46. The van der Waals surface area contributed by atoms with Crippen LogP contribution < -0.4 is 0 Å². The largest absolute Gasteiger partial charge is 0.0884 e. The number of unbranched alkanes of at least 4 members (excludes halogenated alkanes) is 1. The molecule has 0 N–H and O–H groups in total. The van der Waals surface area contributed by atoms with Gasteiger partial charge in [0.2, 0.25) is 0 Å². The van der Waals surface area contributed by atoms with Gasteiger partial charge >= 0.3 is 0 Å². The molecule has 0 spiro atoms. The van der Waals surface area contributed by atoms with Gasteiger partial charge in [0.1, 0.15) is 0 Å². The Balaban J connectivity index is 2.57. The highest BCUT2D eigenvalue weighted by molar-refractivity contribution is 9.09. The average Bonchev–Trinajstić information content (AvgIpc) is 2.33. The van der Waals surface area contributed by atoms with Crippen molar-refractivity contribution in [1.29, 1.82) is 0 Å². The fraction of sp³-hybridized carbons (Fsp3) is 0.625. The van der Waals surface area contributed by atoms with Crippen molar-refractivity contribution in [2.75, 3.05) is 0 Å². The maximum absolute atomic E-state index is 3.91. The van der Waals surface area contributed by atoms with E-state index in [-0.39, 0.29) is 0 Å². The molecular weight excluding hydrogens is 272 g/mol. The Bertz CT molecular complexity index is 319. The molecule has 0 nitrogen and oxygen atoms in total. The van der Waals surface area contributed by atoms with Crippen LogP contribution in [0.15, 0.2) is 24.3 Å². The van der Waals surface area contributed by atoms with Crippen LogP contribution in [0.1, 0.15) is 50.7 Å². The van der Waals surface area contributed by atoms with E-state index in [1.165, 1.54) is 36.8 Å². The summed E-state index contributed by atoms with van der Waals surface area (Å²) >= 11 is 3.91. The van der Waals surface area contributed by atoms with E-state index < -0.39 is 0 Å². The van der Waals surface area contributed by atoms with Crippen LogP contribution in [0.3, 0.4) is 0 Å². The Kier molecular flexibility index (Phi) is 6.87. The minimum atomic E-state index is 0.625. The van der Waals surface area contributed by atoms with Crippen molar-refractivity contribution < 1.29 is 0 Å². The number of rotatable bonds is 7. The number of benzene rings is 1. The van der Waals surface area contributed by atoms with E-state index in [9.17, 15) is 0 Å². The molecule has 0 aromatic heterocycles. The highest BCUT2D eigenvalue weighted by atomic mass is 79.9. The highest BCUT2D eigenvalue weighted by Crippen LogP contribution is 2.26. The first-order valence-electron chi connectivity index (χ1n) is 6.87. The minimum Gasteiger partial charge on any atom is -0.0884 e. The second-order valence-electron chi connectivity index (χ2n) is 4.96. The fourth-order valence-electron chi connectivity index (χ4n) is 2.32. The third-order valence-electron chi connectivity index (χ3n) is 3.64. The summed E-state index contributed by atoms with van der Waals surface area (Å²) in [6.45, 7) is 6.80. The molecule has 2 atom stereocenters. The van der Waals surface area contributed by atoms with Gasteiger partial charge in [0.05, 0.1) is 0 Å². The maximum atomic E-state index is 3.91. The van der Waals surface area contributed by atoms with Gasteiger partial charge < -0.3 is 0 Å². The summed E-state index contributed by atoms with van der Waals surface area (Å²) < 4.78 is 0. The van der Waals surface area contributed by atoms with Gasteiger partial charge in [-0.05, 0) is 36.8 Å². The predicted octanol–water partition coefficient (Wildman–Crippen LogP) is 5.52. The van der Waals surface area contributed by atoms with Gasteiger partial charge in [0.25, 0.3) is 0 Å². The van der Waals surface area contributed by atoms with Crippen LogP contribution in [0, 0.1) is 12.8 Å². The number of alkyl halides is 1. The van der Waals surface area contributed by atoms with Gasteiger partial charge in [-0.15, -0.1) is 0 Å². The van der Waals surface area contributed by atoms with Crippen LogP contribution >= 0.6 is 15.9 Å². The van der Waals surface area contributed by atoms with Crippen LogP contribution in [0.2, 0.25) is 0 Å². The van der Waals surface area contributed by atoms with Crippen LogP contribution in [0.4, 0.5) is 0 Å². The second-order valence-corrected chi connectivity index (χ2v) is 6.13. The Morgan fingerprint density at radius 3 is 2.47 bits per heavy atom. The molecule has 0 bridgehead atoms. The van der Waals surface area contributed by atoms with Crippen LogP contribution in [-0.4, -0.2) is 4.83 Å². The summed E-state index contributed by atoms with van der Waals surface area (Å²) in [4.78, 5) is 0.625. The number of hydrogen-bond acceptors (Lipinski definition) is 0. The van der Waals surface area contributed by atoms with Crippen molar-refractivity contribution in [1.82, 2.24) is 0 Å². The van der Waals surface area contributed by atoms with E-state index in [1.807, 2.05) is 0 Å². The SMILES string of the molecule is CCCCC(CC)C(Br)Cc1ccccc1C. The molecule has 0 aliphatic rings. The van der Waals surface area contributed by atoms with Crippen LogP contribution in [-0.2, 0) is 6.42 Å². The molecule has 17 heavy (non-hydrogen) atoms. The van der Waals surface area contributed by atoms with E-state index >= 15 is 0 Å². The van der Waals surface area contributed by atoms with Gasteiger partial charge in [-0.2, -0.15) is 0 Å². The molecule has 0 aliphatic heterocycles. The minimum absolute atomic E-state index is 0.625. The van der Waals surface area contributed by atoms with Crippen molar-refractivity contribution in [3.05, 3.63) is 35.4 Å². The Morgan fingerprint density at radius 2 is 1.88 bits per heavy atom. The van der Waals surface area contributed by atoms with Gasteiger partial charge in [-0.1, -0.05) is 73.3 Å². The average molecular weight is 297 g/mol. The lowest BCUT2D eigenvalue weighted by Gasteiger charge is -2.21. The first kappa shape index (κ1) is 14.8. The van der Waals surface area contributed by atoms with E-state index in [1.54, 1.807) is 0 Å². The Labute approximate surface area is 115 Å². The number of halogens is 1. The molecule has 0 heterocycles. The lowest BCUT2D eigenvalue weighted by atomic mass is 9.91. The smallest absolute Gasteiger partial charge is 0.0214 e. The molecule has 0 aliphatic carbocycles. The zero-order valence-electron chi connectivity index (χ0n) is 11.4. The molecule has 0 radical (unpaired) electrons. The van der Waals surface area contributed by atoms with Gasteiger partial charge in [0, 0.05) is 4.83 Å². The summed E-state index contributed by atoms with van der Waals surface area (Å²) in [7, 11) is 0. The first-order chi connectivity index (χ1) is 8.19. The third-order valence-corrected chi connectivity index (χ3v) is 4.71. The molecule has 0 amide bonds. The highest BCUT2D eigenvalue weighted by Gasteiger charge is 2.17. The lowest BCUT2D eigenvalue weighted by molar-refractivity contribution is 0.437. The van der Waals surface area contributed by atoms with Crippen molar-refractivity contribution in [2.45, 2.75) is 57.7 Å². The quantitative estimate of drug-likeness (QED) is 0.581. The van der Waals surface area contributed by atoms with Crippen LogP contribution in [0.25, 0.3) is 0 Å². The van der Waals surface area contributed by atoms with Crippen molar-refractivity contribution in [3.8, 4) is 0 Å². The van der Waals surface area contributed by atoms with Crippen molar-refractivity contribution >= 4 is 15.9 Å². The summed E-state index contributed by atoms with van der Waals surface area (Å²) in [5, 5.41) is 0. The number of aryl methyl sites for hydroxylation is 1. The topological polar surface area (TPSA) is 0 Å². The van der Waals surface area contributed by atoms with Crippen LogP contribution in [0.5, 0.6) is 0 Å². The van der Waals surface area contributed by atoms with Crippen molar-refractivity contribution in [3.63, 3.8) is 0 Å². The van der Waals surface area contributed by atoms with Gasteiger partial charge in [-0.3, -0.25) is 0 Å². The van der Waals surface area contributed by atoms with E-state index in [0.29, 0.717) is 4.83 Å². The molecule has 0 saturated heterocycles. The molecule has 2 unspecified atom stereocenters. The second kappa shape index (κ2) is 7.92. The van der Waals surface area contributed by atoms with Gasteiger partial charge in [0.15, 0.2) is 0 Å². The third kappa shape index (κ3) is 4.83. The normalized spacial score (nSPS) is 14.6. The number of hydrogen-bond donors (Lipinski definition) is 0. The molecule has 0 fully saturated rings. The zero-order chi connectivity index (χ0) is 12.7. The summed E-state index contributed by atoms with van der Waals surface area (Å²) in [6, 6.07) is 8.74. The first-order valence-corrected chi connectivity index (χ1v) is 7.79. The van der Waals surface area contributed by atoms with E-state index in [2.05, 4.69) is 61.0 Å². The van der Waals surface area contributed by atoms with Crippen molar-refractivity contribution in [2.24, 2.45) is 5.92 Å². The molecule has 0 saturated carbocycles. The molecule has 1 rings (SSSR count). The monoisotopic (exact) mass is 296 g/mol. The summed E-state index contributed by atoms with van der Waals surface area (Å²) in [5.74, 6) is 0.814.